The van der Waals surface area contributed by atoms with Crippen LogP contribution in [0.2, 0.25) is 0 Å². The van der Waals surface area contributed by atoms with E-state index >= 15 is 0 Å². The van der Waals surface area contributed by atoms with Gasteiger partial charge in [0, 0.05) is 35.8 Å². The number of aryl methyl sites for hydroxylation is 2. The van der Waals surface area contributed by atoms with Gasteiger partial charge in [0.05, 0.1) is 0 Å². The van der Waals surface area contributed by atoms with Gasteiger partial charge < -0.3 is 10.2 Å². The molecule has 0 aliphatic carbocycles. The van der Waals surface area contributed by atoms with Crippen LogP contribution in [0.25, 0.3) is 0 Å². The zero-order valence-corrected chi connectivity index (χ0v) is 17.8. The number of likely N-dealkylation sites (tertiary alicyclic amines) is 1. The molecule has 148 valence electrons. The van der Waals surface area contributed by atoms with Crippen LogP contribution in [0.15, 0.2) is 47.4 Å². The van der Waals surface area contributed by atoms with Gasteiger partial charge in [-0.15, -0.1) is 11.8 Å². The predicted molar refractivity (Wildman–Crippen MR) is 117 cm³/mol. The summed E-state index contributed by atoms with van der Waals surface area (Å²) in [5.41, 5.74) is 5.11. The van der Waals surface area contributed by atoms with Gasteiger partial charge >= 0.3 is 0 Å². The summed E-state index contributed by atoms with van der Waals surface area (Å²) in [5, 5.41) is 3.49. The van der Waals surface area contributed by atoms with E-state index in [9.17, 15) is 4.79 Å². The lowest BCUT2D eigenvalue weighted by atomic mass is 9.78. The van der Waals surface area contributed by atoms with E-state index in [1.165, 1.54) is 28.0 Å². The zero-order valence-electron chi connectivity index (χ0n) is 17.0. The van der Waals surface area contributed by atoms with Crippen LogP contribution in [0.1, 0.15) is 46.3 Å². The molecule has 3 nitrogen and oxygen atoms in total. The summed E-state index contributed by atoms with van der Waals surface area (Å²) in [5.74, 6) is 1.08. The molecule has 0 bridgehead atoms. The van der Waals surface area contributed by atoms with Crippen LogP contribution >= 0.6 is 11.8 Å². The third-order valence-electron chi connectivity index (χ3n) is 6.34. The minimum Gasteiger partial charge on any atom is -0.339 e. The van der Waals surface area contributed by atoms with Crippen molar-refractivity contribution in [2.45, 2.75) is 43.8 Å². The fraction of sp³-hybridized carbons (Fsp3) is 0.458. The number of nitrogens with zero attached hydrogens (tertiary/aromatic N) is 1. The Bertz CT molecular complexity index is 847. The van der Waals surface area contributed by atoms with Crippen molar-refractivity contribution in [2.75, 3.05) is 26.2 Å². The third kappa shape index (κ3) is 4.28. The lowest BCUT2D eigenvalue weighted by Crippen LogP contribution is -2.44. The van der Waals surface area contributed by atoms with Crippen molar-refractivity contribution in [1.82, 2.24) is 10.2 Å². The Morgan fingerprint density at radius 2 is 1.93 bits per heavy atom. The SMILES string of the molecule is Cc1ccc(SCc2cccc(C(=O)N3CCC4(CCNC4)CC3)c2)c(C)c1. The van der Waals surface area contributed by atoms with E-state index < -0.39 is 0 Å². The van der Waals surface area contributed by atoms with Gasteiger partial charge in [-0.05, 0) is 74.4 Å². The molecule has 1 spiro atoms. The molecule has 2 aliphatic heterocycles. The number of piperidine rings is 1. The number of carbonyl (C=O) groups is 1. The standard InChI is InChI=1S/C24H30N2OS/c1-18-6-7-22(19(2)14-18)28-16-20-4-3-5-21(15-20)23(27)26-12-9-24(10-13-26)8-11-25-17-24/h3-7,14-15,25H,8-13,16-17H2,1-2H3. The molecule has 0 radical (unpaired) electrons. The summed E-state index contributed by atoms with van der Waals surface area (Å²) in [6, 6.07) is 14.8. The molecule has 1 N–H and O–H groups in total. The molecular weight excluding hydrogens is 364 g/mol. The van der Waals surface area contributed by atoms with E-state index in [1.54, 1.807) is 0 Å². The summed E-state index contributed by atoms with van der Waals surface area (Å²) in [4.78, 5) is 16.4. The average molecular weight is 395 g/mol. The Kier molecular flexibility index (Phi) is 5.79. The van der Waals surface area contributed by atoms with Crippen LogP contribution in [0.3, 0.4) is 0 Å². The minimum absolute atomic E-state index is 0.194. The Morgan fingerprint density at radius 3 is 2.64 bits per heavy atom. The van der Waals surface area contributed by atoms with Gasteiger partial charge in [0.15, 0.2) is 0 Å². The number of hydrogen-bond acceptors (Lipinski definition) is 3. The van der Waals surface area contributed by atoms with E-state index in [2.05, 4.69) is 54.4 Å². The Balaban J connectivity index is 1.38. The molecule has 0 saturated carbocycles. The lowest BCUT2D eigenvalue weighted by molar-refractivity contribution is 0.0607. The number of rotatable bonds is 4. The molecule has 0 unspecified atom stereocenters. The van der Waals surface area contributed by atoms with Gasteiger partial charge in [0.1, 0.15) is 0 Å². The van der Waals surface area contributed by atoms with E-state index in [4.69, 9.17) is 0 Å². The van der Waals surface area contributed by atoms with Crippen molar-refractivity contribution in [2.24, 2.45) is 5.41 Å². The molecule has 2 saturated heterocycles. The fourth-order valence-electron chi connectivity index (χ4n) is 4.51. The van der Waals surface area contributed by atoms with Crippen LogP contribution in [0.5, 0.6) is 0 Å². The Morgan fingerprint density at radius 1 is 1.11 bits per heavy atom. The normalized spacial score (nSPS) is 18.6. The van der Waals surface area contributed by atoms with Gasteiger partial charge in [-0.2, -0.15) is 0 Å². The number of nitrogens with one attached hydrogen (secondary N) is 1. The van der Waals surface area contributed by atoms with E-state index in [1.807, 2.05) is 23.9 Å². The van der Waals surface area contributed by atoms with Crippen LogP contribution in [-0.4, -0.2) is 37.0 Å². The van der Waals surface area contributed by atoms with E-state index in [-0.39, 0.29) is 5.91 Å². The summed E-state index contributed by atoms with van der Waals surface area (Å²) in [6.45, 7) is 8.33. The number of amides is 1. The quantitative estimate of drug-likeness (QED) is 0.755. The Labute approximate surface area is 172 Å². The van der Waals surface area contributed by atoms with Crippen molar-refractivity contribution in [3.63, 3.8) is 0 Å². The van der Waals surface area contributed by atoms with Crippen molar-refractivity contribution in [1.29, 1.82) is 0 Å². The van der Waals surface area contributed by atoms with E-state index in [0.29, 0.717) is 5.41 Å². The second-order valence-corrected chi connectivity index (χ2v) is 9.49. The molecule has 1 amide bonds. The molecule has 0 aromatic heterocycles. The number of hydrogen-bond donors (Lipinski definition) is 1. The summed E-state index contributed by atoms with van der Waals surface area (Å²) in [7, 11) is 0. The maximum absolute atomic E-state index is 13.0. The molecule has 2 heterocycles. The summed E-state index contributed by atoms with van der Waals surface area (Å²) < 4.78 is 0. The van der Waals surface area contributed by atoms with Gasteiger partial charge in [0.25, 0.3) is 5.91 Å². The van der Waals surface area contributed by atoms with Gasteiger partial charge in [0.2, 0.25) is 0 Å². The molecular formula is C24H30N2OS. The van der Waals surface area contributed by atoms with Gasteiger partial charge in [-0.25, -0.2) is 0 Å². The summed E-state index contributed by atoms with van der Waals surface area (Å²) >= 11 is 1.85. The molecule has 2 aromatic carbocycles. The number of benzene rings is 2. The predicted octanol–water partition coefficient (Wildman–Crippen LogP) is 4.81. The van der Waals surface area contributed by atoms with Crippen LogP contribution < -0.4 is 5.32 Å². The molecule has 2 aliphatic rings. The van der Waals surface area contributed by atoms with Gasteiger partial charge in [-0.1, -0.05) is 29.8 Å². The molecule has 2 fully saturated rings. The first-order valence-electron chi connectivity index (χ1n) is 10.3. The maximum atomic E-state index is 13.0. The average Bonchev–Trinajstić information content (AvgIpc) is 3.15. The highest BCUT2D eigenvalue weighted by molar-refractivity contribution is 7.98. The molecule has 4 rings (SSSR count). The van der Waals surface area contributed by atoms with Crippen molar-refractivity contribution >= 4 is 17.7 Å². The highest BCUT2D eigenvalue weighted by Gasteiger charge is 2.38. The molecule has 2 aromatic rings. The highest BCUT2D eigenvalue weighted by Crippen LogP contribution is 2.37. The fourth-order valence-corrected chi connectivity index (χ4v) is 5.46. The summed E-state index contributed by atoms with van der Waals surface area (Å²) in [6.07, 6.45) is 3.53. The lowest BCUT2D eigenvalue weighted by Gasteiger charge is -2.39. The first-order chi connectivity index (χ1) is 13.5. The second kappa shape index (κ2) is 8.30. The monoisotopic (exact) mass is 394 g/mol. The molecule has 28 heavy (non-hydrogen) atoms. The molecule has 4 heteroatoms. The zero-order chi connectivity index (χ0) is 19.6. The topological polar surface area (TPSA) is 32.3 Å². The largest absolute Gasteiger partial charge is 0.339 e. The van der Waals surface area contributed by atoms with Crippen LogP contribution in [0, 0.1) is 19.3 Å². The molecule has 0 atom stereocenters. The van der Waals surface area contributed by atoms with Crippen LogP contribution in [0.4, 0.5) is 0 Å². The van der Waals surface area contributed by atoms with Crippen molar-refractivity contribution < 1.29 is 4.79 Å². The number of carbonyl (C=O) groups excluding carboxylic acids is 1. The van der Waals surface area contributed by atoms with E-state index in [0.717, 1.165) is 50.3 Å². The third-order valence-corrected chi connectivity index (χ3v) is 7.59. The smallest absolute Gasteiger partial charge is 0.253 e. The number of thioether (sulfide) groups is 1. The van der Waals surface area contributed by atoms with Crippen LogP contribution in [-0.2, 0) is 5.75 Å². The Hall–Kier alpha value is -1.78. The second-order valence-electron chi connectivity index (χ2n) is 8.48. The minimum atomic E-state index is 0.194. The first kappa shape index (κ1) is 19.5. The van der Waals surface area contributed by atoms with Crippen molar-refractivity contribution in [3.05, 3.63) is 64.7 Å². The van der Waals surface area contributed by atoms with Crippen molar-refractivity contribution in [3.8, 4) is 0 Å². The first-order valence-corrected chi connectivity index (χ1v) is 11.3. The highest BCUT2D eigenvalue weighted by atomic mass is 32.2. The maximum Gasteiger partial charge on any atom is 0.253 e. The van der Waals surface area contributed by atoms with Gasteiger partial charge in [-0.3, -0.25) is 4.79 Å².